The number of hydrogen-bond acceptors (Lipinski definition) is 4. The zero-order valence-corrected chi connectivity index (χ0v) is 13.6. The summed E-state index contributed by atoms with van der Waals surface area (Å²) in [6.45, 7) is 1.13. The van der Waals surface area contributed by atoms with Crippen molar-refractivity contribution in [3.8, 4) is 0 Å². The van der Waals surface area contributed by atoms with Crippen LogP contribution in [0.25, 0.3) is 0 Å². The Morgan fingerprint density at radius 3 is 2.68 bits per heavy atom. The Labute approximate surface area is 139 Å². The SMILES string of the molecule is OCCN(Cc1cccc(Cl)c1)c1cc(Cl)nc(C2CC2)n1. The van der Waals surface area contributed by atoms with Crippen molar-refractivity contribution in [2.75, 3.05) is 18.1 Å². The zero-order chi connectivity index (χ0) is 15.5. The summed E-state index contributed by atoms with van der Waals surface area (Å²) < 4.78 is 0. The van der Waals surface area contributed by atoms with Crippen molar-refractivity contribution in [1.29, 1.82) is 0 Å². The van der Waals surface area contributed by atoms with E-state index in [0.717, 1.165) is 30.0 Å². The molecule has 0 amide bonds. The molecular formula is C16H17Cl2N3O. The maximum atomic E-state index is 9.35. The minimum atomic E-state index is 0.0426. The monoisotopic (exact) mass is 337 g/mol. The molecule has 116 valence electrons. The van der Waals surface area contributed by atoms with E-state index in [2.05, 4.69) is 9.97 Å². The van der Waals surface area contributed by atoms with Gasteiger partial charge < -0.3 is 10.0 Å². The van der Waals surface area contributed by atoms with Gasteiger partial charge >= 0.3 is 0 Å². The van der Waals surface area contributed by atoms with E-state index in [0.29, 0.717) is 29.2 Å². The van der Waals surface area contributed by atoms with Crippen LogP contribution in [-0.2, 0) is 6.54 Å². The second kappa shape index (κ2) is 6.82. The van der Waals surface area contributed by atoms with Crippen molar-refractivity contribution in [2.24, 2.45) is 0 Å². The summed E-state index contributed by atoms with van der Waals surface area (Å²) in [5, 5.41) is 10.5. The maximum Gasteiger partial charge on any atom is 0.135 e. The smallest absolute Gasteiger partial charge is 0.135 e. The molecule has 0 atom stereocenters. The predicted octanol–water partition coefficient (Wildman–Crippen LogP) is 3.66. The summed E-state index contributed by atoms with van der Waals surface area (Å²) in [5.41, 5.74) is 1.06. The first kappa shape index (κ1) is 15.5. The van der Waals surface area contributed by atoms with Crippen LogP contribution in [0.1, 0.15) is 30.1 Å². The summed E-state index contributed by atoms with van der Waals surface area (Å²) in [6.07, 6.45) is 2.24. The van der Waals surface area contributed by atoms with E-state index in [1.165, 1.54) is 0 Å². The van der Waals surface area contributed by atoms with Crippen LogP contribution in [0.3, 0.4) is 0 Å². The fraction of sp³-hybridized carbons (Fsp3) is 0.375. The molecule has 22 heavy (non-hydrogen) atoms. The lowest BCUT2D eigenvalue weighted by Crippen LogP contribution is -2.27. The lowest BCUT2D eigenvalue weighted by atomic mass is 10.2. The normalized spacial score (nSPS) is 14.1. The molecule has 0 unspecified atom stereocenters. The molecule has 1 aromatic carbocycles. The highest BCUT2D eigenvalue weighted by Gasteiger charge is 2.27. The van der Waals surface area contributed by atoms with Crippen molar-refractivity contribution in [2.45, 2.75) is 25.3 Å². The molecule has 3 rings (SSSR count). The van der Waals surface area contributed by atoms with Gasteiger partial charge in [-0.3, -0.25) is 0 Å². The summed E-state index contributed by atoms with van der Waals surface area (Å²) in [6, 6.07) is 9.41. The number of aliphatic hydroxyl groups is 1. The molecule has 1 heterocycles. The van der Waals surface area contributed by atoms with E-state index >= 15 is 0 Å². The number of aromatic nitrogens is 2. The standard InChI is InChI=1S/C16H17Cl2N3O/c17-13-3-1-2-11(8-13)10-21(6-7-22)15-9-14(18)19-16(20-15)12-4-5-12/h1-3,8-9,12,22H,4-7,10H2. The minimum absolute atomic E-state index is 0.0426. The summed E-state index contributed by atoms with van der Waals surface area (Å²) in [4.78, 5) is 10.9. The molecule has 1 saturated carbocycles. The van der Waals surface area contributed by atoms with E-state index in [1.54, 1.807) is 6.07 Å². The number of nitrogens with zero attached hydrogens (tertiary/aromatic N) is 3. The van der Waals surface area contributed by atoms with Crippen LogP contribution >= 0.6 is 23.2 Å². The van der Waals surface area contributed by atoms with Gasteiger partial charge in [0.15, 0.2) is 0 Å². The van der Waals surface area contributed by atoms with Crippen molar-refractivity contribution >= 4 is 29.0 Å². The zero-order valence-electron chi connectivity index (χ0n) is 12.0. The second-order valence-electron chi connectivity index (χ2n) is 5.46. The van der Waals surface area contributed by atoms with Crippen molar-refractivity contribution in [1.82, 2.24) is 9.97 Å². The third-order valence-corrected chi connectivity index (χ3v) is 4.03. The van der Waals surface area contributed by atoms with Crippen molar-refractivity contribution in [3.05, 3.63) is 51.9 Å². The van der Waals surface area contributed by atoms with Crippen LogP contribution in [-0.4, -0.2) is 28.2 Å². The molecule has 4 nitrogen and oxygen atoms in total. The number of benzene rings is 1. The number of halogens is 2. The van der Waals surface area contributed by atoms with Crippen LogP contribution in [0.15, 0.2) is 30.3 Å². The van der Waals surface area contributed by atoms with Crippen LogP contribution in [0.2, 0.25) is 10.2 Å². The van der Waals surface area contributed by atoms with Crippen LogP contribution in [0.4, 0.5) is 5.82 Å². The molecule has 0 bridgehead atoms. The number of aliphatic hydroxyl groups excluding tert-OH is 1. The van der Waals surface area contributed by atoms with E-state index in [4.69, 9.17) is 23.2 Å². The number of hydrogen-bond donors (Lipinski definition) is 1. The van der Waals surface area contributed by atoms with Gasteiger partial charge in [0.25, 0.3) is 0 Å². The molecule has 1 aromatic heterocycles. The molecule has 0 saturated heterocycles. The van der Waals surface area contributed by atoms with Crippen LogP contribution in [0, 0.1) is 0 Å². The maximum absolute atomic E-state index is 9.35. The van der Waals surface area contributed by atoms with Gasteiger partial charge in [-0.1, -0.05) is 35.3 Å². The molecule has 1 aliphatic carbocycles. The van der Waals surface area contributed by atoms with Gasteiger partial charge in [-0.2, -0.15) is 0 Å². The van der Waals surface area contributed by atoms with Crippen LogP contribution < -0.4 is 4.90 Å². The van der Waals surface area contributed by atoms with Gasteiger partial charge in [-0.25, -0.2) is 9.97 Å². The quantitative estimate of drug-likeness (QED) is 0.817. The molecule has 1 aliphatic rings. The van der Waals surface area contributed by atoms with Crippen molar-refractivity contribution < 1.29 is 5.11 Å². The van der Waals surface area contributed by atoms with Gasteiger partial charge in [0.05, 0.1) is 6.61 Å². The minimum Gasteiger partial charge on any atom is -0.395 e. The van der Waals surface area contributed by atoms with Gasteiger partial charge in [-0.05, 0) is 30.5 Å². The van der Waals surface area contributed by atoms with E-state index < -0.39 is 0 Å². The molecule has 2 aromatic rings. The molecule has 0 spiro atoms. The lowest BCUT2D eigenvalue weighted by Gasteiger charge is -2.23. The van der Waals surface area contributed by atoms with E-state index in [9.17, 15) is 5.11 Å². The molecule has 0 aliphatic heterocycles. The summed E-state index contributed by atoms with van der Waals surface area (Å²) in [5.74, 6) is 1.98. The Balaban J connectivity index is 1.86. The molecular weight excluding hydrogens is 321 g/mol. The molecule has 1 fully saturated rings. The number of rotatable bonds is 6. The third-order valence-electron chi connectivity index (χ3n) is 3.60. The Kier molecular flexibility index (Phi) is 4.81. The van der Waals surface area contributed by atoms with Crippen molar-refractivity contribution in [3.63, 3.8) is 0 Å². The van der Waals surface area contributed by atoms with Gasteiger partial charge in [0.1, 0.15) is 16.8 Å². The first-order valence-corrected chi connectivity index (χ1v) is 8.06. The van der Waals surface area contributed by atoms with Gasteiger partial charge in [0.2, 0.25) is 0 Å². The first-order chi connectivity index (χ1) is 10.7. The highest BCUT2D eigenvalue weighted by atomic mass is 35.5. The lowest BCUT2D eigenvalue weighted by molar-refractivity contribution is 0.301. The van der Waals surface area contributed by atoms with Gasteiger partial charge in [0, 0.05) is 30.1 Å². The average molecular weight is 338 g/mol. The Bertz CT molecular complexity index is 662. The summed E-state index contributed by atoms with van der Waals surface area (Å²) >= 11 is 12.2. The van der Waals surface area contributed by atoms with Gasteiger partial charge in [-0.15, -0.1) is 0 Å². The molecule has 6 heteroatoms. The fourth-order valence-corrected chi connectivity index (χ4v) is 2.76. The fourth-order valence-electron chi connectivity index (χ4n) is 2.36. The summed E-state index contributed by atoms with van der Waals surface area (Å²) in [7, 11) is 0. The molecule has 0 radical (unpaired) electrons. The predicted molar refractivity (Wildman–Crippen MR) is 88.6 cm³/mol. The Hall–Kier alpha value is -1.36. The second-order valence-corrected chi connectivity index (χ2v) is 6.28. The third kappa shape index (κ3) is 3.88. The largest absolute Gasteiger partial charge is 0.395 e. The Morgan fingerprint density at radius 2 is 2.00 bits per heavy atom. The highest BCUT2D eigenvalue weighted by molar-refractivity contribution is 6.30. The van der Waals surface area contributed by atoms with Crippen LogP contribution in [0.5, 0.6) is 0 Å². The molecule has 1 N–H and O–H groups in total. The highest BCUT2D eigenvalue weighted by Crippen LogP contribution is 2.39. The topological polar surface area (TPSA) is 49.2 Å². The average Bonchev–Trinajstić information content (AvgIpc) is 3.31. The van der Waals surface area contributed by atoms with E-state index in [1.807, 2.05) is 29.2 Å². The Morgan fingerprint density at radius 1 is 1.18 bits per heavy atom. The number of anilines is 1. The van der Waals surface area contributed by atoms with E-state index in [-0.39, 0.29) is 6.61 Å². The first-order valence-electron chi connectivity index (χ1n) is 7.30.